The zero-order valence-corrected chi connectivity index (χ0v) is 18.8. The molecule has 8 heteroatoms. The molecule has 1 aliphatic carbocycles. The third kappa shape index (κ3) is 4.97. The summed E-state index contributed by atoms with van der Waals surface area (Å²) < 4.78 is 57.6. The molecule has 2 atom stereocenters. The smallest absolute Gasteiger partial charge is 0.412 e. The van der Waals surface area contributed by atoms with Crippen molar-refractivity contribution in [2.24, 2.45) is 0 Å². The summed E-state index contributed by atoms with van der Waals surface area (Å²) in [5.74, 6) is 0.511. The minimum absolute atomic E-state index is 0.000718. The first kappa shape index (κ1) is 23.9. The number of alkyl halides is 3. The number of fused-ring (bicyclic) bond motifs is 2. The monoisotopic (exact) mass is 473 g/mol. The van der Waals surface area contributed by atoms with E-state index in [0.29, 0.717) is 31.1 Å². The van der Waals surface area contributed by atoms with Gasteiger partial charge >= 0.3 is 6.18 Å². The molecule has 0 radical (unpaired) electrons. The number of para-hydroxylation sites is 1. The molecule has 0 aromatic heterocycles. The number of hydrogen-bond acceptors (Lipinski definition) is 4. The summed E-state index contributed by atoms with van der Waals surface area (Å²) >= 11 is 0. The van der Waals surface area contributed by atoms with Gasteiger partial charge in [-0.3, -0.25) is 4.79 Å². The Morgan fingerprint density at radius 1 is 1.26 bits per heavy atom. The minimum Gasteiger partial charge on any atom is -0.497 e. The van der Waals surface area contributed by atoms with Gasteiger partial charge in [-0.05, 0) is 36.3 Å². The number of hydrogen-bond donors (Lipinski definition) is 0. The minimum atomic E-state index is -4.50. The van der Waals surface area contributed by atoms with E-state index in [1.165, 1.54) is 23.1 Å². The van der Waals surface area contributed by atoms with Crippen molar-refractivity contribution >= 4 is 11.6 Å². The number of ether oxygens (including phenoxy) is 3. The lowest BCUT2D eigenvalue weighted by Crippen LogP contribution is -2.33. The highest BCUT2D eigenvalue weighted by Crippen LogP contribution is 2.39. The van der Waals surface area contributed by atoms with Crippen LogP contribution in [0.2, 0.25) is 0 Å². The van der Waals surface area contributed by atoms with Crippen molar-refractivity contribution in [2.75, 3.05) is 31.3 Å². The molecule has 1 aromatic rings. The summed E-state index contributed by atoms with van der Waals surface area (Å²) in [6, 6.07) is 7.12. The van der Waals surface area contributed by atoms with Crippen LogP contribution in [0.25, 0.3) is 0 Å². The first-order valence-corrected chi connectivity index (χ1v) is 11.0. The molecule has 1 amide bonds. The number of halogens is 3. The topological polar surface area (TPSA) is 48.0 Å². The Hall–Kier alpha value is -3.26. The average Bonchev–Trinajstić information content (AvgIpc) is 3.09. The molecule has 2 aliphatic heterocycles. The van der Waals surface area contributed by atoms with Gasteiger partial charge in [0.25, 0.3) is 0 Å². The van der Waals surface area contributed by atoms with E-state index in [4.69, 9.17) is 14.2 Å². The predicted molar refractivity (Wildman–Crippen MR) is 122 cm³/mol. The lowest BCUT2D eigenvalue weighted by Gasteiger charge is -2.29. The fourth-order valence-electron chi connectivity index (χ4n) is 4.19. The number of carbonyl (C=O) groups excluding carboxylic acids is 1. The number of benzene rings is 1. The highest BCUT2D eigenvalue weighted by atomic mass is 19.4. The predicted octanol–water partition coefficient (Wildman–Crippen LogP) is 5.34. The van der Waals surface area contributed by atoms with Crippen LogP contribution < -0.4 is 4.90 Å². The second-order valence-corrected chi connectivity index (χ2v) is 8.20. The zero-order valence-electron chi connectivity index (χ0n) is 18.8. The molecule has 34 heavy (non-hydrogen) atoms. The summed E-state index contributed by atoms with van der Waals surface area (Å²) in [6.07, 6.45) is 3.59. The first-order valence-electron chi connectivity index (χ1n) is 11.0. The van der Waals surface area contributed by atoms with Crippen molar-refractivity contribution in [2.45, 2.75) is 31.5 Å². The van der Waals surface area contributed by atoms with Gasteiger partial charge in [-0.2, -0.15) is 13.2 Å². The van der Waals surface area contributed by atoms with E-state index >= 15 is 0 Å². The van der Waals surface area contributed by atoms with Crippen LogP contribution in [0.5, 0.6) is 0 Å². The van der Waals surface area contributed by atoms with E-state index in [9.17, 15) is 18.0 Å². The van der Waals surface area contributed by atoms with Gasteiger partial charge in [0, 0.05) is 17.7 Å². The molecular weight excluding hydrogens is 447 g/mol. The van der Waals surface area contributed by atoms with E-state index < -0.39 is 17.7 Å². The van der Waals surface area contributed by atoms with Gasteiger partial charge in [0.15, 0.2) is 0 Å². The van der Waals surface area contributed by atoms with E-state index in [2.05, 4.69) is 6.58 Å². The maximum Gasteiger partial charge on any atom is 0.412 e. The van der Waals surface area contributed by atoms with Crippen LogP contribution in [0.15, 0.2) is 83.9 Å². The Morgan fingerprint density at radius 2 is 2.06 bits per heavy atom. The van der Waals surface area contributed by atoms with Crippen LogP contribution in [0.1, 0.15) is 24.8 Å². The second-order valence-electron chi connectivity index (χ2n) is 8.20. The molecule has 0 bridgehead atoms. The molecule has 1 aromatic carbocycles. The first-order chi connectivity index (χ1) is 16.3. The standard InChI is InChI=1S/C26H26F3NO4/c1-3-4-7-18(17(2)26(27,28)29)15-30-22-9-6-5-8-20(22)21(25(30)31)16-34-19-10-11-23-24(14-19)33-13-12-32-23/h3-11,21,24H,1,12-16H2,2H3. The molecule has 3 aliphatic rings. The number of nitrogens with zero attached hydrogens (tertiary/aromatic N) is 1. The van der Waals surface area contributed by atoms with Crippen LogP contribution in [0, 0.1) is 0 Å². The largest absolute Gasteiger partial charge is 0.497 e. The lowest BCUT2D eigenvalue weighted by molar-refractivity contribution is -0.120. The Bertz CT molecular complexity index is 1080. The van der Waals surface area contributed by atoms with Crippen molar-refractivity contribution in [3.63, 3.8) is 0 Å². The van der Waals surface area contributed by atoms with E-state index in [0.717, 1.165) is 18.2 Å². The average molecular weight is 473 g/mol. The molecule has 0 N–H and O–H groups in total. The Kier molecular flexibility index (Phi) is 6.97. The van der Waals surface area contributed by atoms with Gasteiger partial charge in [-0.25, -0.2) is 0 Å². The normalized spacial score (nSPS) is 22.9. The zero-order chi connectivity index (χ0) is 24.3. The van der Waals surface area contributed by atoms with E-state index in [1.54, 1.807) is 24.3 Å². The molecule has 180 valence electrons. The third-order valence-corrected chi connectivity index (χ3v) is 6.08. The quantitative estimate of drug-likeness (QED) is 0.502. The van der Waals surface area contributed by atoms with Crippen LogP contribution in [-0.2, 0) is 19.0 Å². The molecular formula is C26H26F3NO4. The number of rotatable bonds is 7. The second kappa shape index (κ2) is 9.93. The SMILES string of the molecule is C=CC=CC(CN1C(=O)C(COC2=CC=C3OCCOC3C2)c2ccccc21)=C(C)C(F)(F)F. The highest BCUT2D eigenvalue weighted by Gasteiger charge is 2.39. The Morgan fingerprint density at radius 3 is 2.82 bits per heavy atom. The summed E-state index contributed by atoms with van der Waals surface area (Å²) in [4.78, 5) is 14.8. The van der Waals surface area contributed by atoms with Crippen LogP contribution >= 0.6 is 0 Å². The molecule has 1 saturated heterocycles. The fraction of sp³-hybridized carbons (Fsp3) is 0.346. The van der Waals surface area contributed by atoms with Crippen molar-refractivity contribution in [1.29, 1.82) is 0 Å². The summed E-state index contributed by atoms with van der Waals surface area (Å²) in [5.41, 5.74) is 0.568. The van der Waals surface area contributed by atoms with Gasteiger partial charge < -0.3 is 19.1 Å². The van der Waals surface area contributed by atoms with Crippen molar-refractivity contribution < 1.29 is 32.2 Å². The molecule has 1 fully saturated rings. The molecule has 2 unspecified atom stereocenters. The highest BCUT2D eigenvalue weighted by molar-refractivity contribution is 6.05. The molecule has 2 heterocycles. The molecule has 0 saturated carbocycles. The summed E-state index contributed by atoms with van der Waals surface area (Å²) in [7, 11) is 0. The molecule has 5 nitrogen and oxygen atoms in total. The Labute approximate surface area is 196 Å². The third-order valence-electron chi connectivity index (χ3n) is 6.08. The van der Waals surface area contributed by atoms with Gasteiger partial charge in [-0.15, -0.1) is 0 Å². The van der Waals surface area contributed by atoms with E-state index in [-0.39, 0.29) is 30.7 Å². The maximum absolute atomic E-state index is 13.4. The van der Waals surface area contributed by atoms with Gasteiger partial charge in [0.1, 0.15) is 25.1 Å². The number of amides is 1. The van der Waals surface area contributed by atoms with Crippen molar-refractivity contribution in [3.05, 3.63) is 89.5 Å². The van der Waals surface area contributed by atoms with Gasteiger partial charge in [0.05, 0.1) is 24.8 Å². The van der Waals surface area contributed by atoms with Crippen molar-refractivity contribution in [1.82, 2.24) is 0 Å². The number of anilines is 1. The molecule has 0 spiro atoms. The van der Waals surface area contributed by atoms with Crippen LogP contribution in [-0.4, -0.2) is 44.6 Å². The fourth-order valence-corrected chi connectivity index (χ4v) is 4.19. The van der Waals surface area contributed by atoms with Gasteiger partial charge in [-0.1, -0.05) is 43.0 Å². The van der Waals surface area contributed by atoms with Crippen molar-refractivity contribution in [3.8, 4) is 0 Å². The summed E-state index contributed by atoms with van der Waals surface area (Å²) in [6.45, 7) is 5.44. The molecule has 4 rings (SSSR count). The number of allylic oxidation sites excluding steroid dienone is 5. The van der Waals surface area contributed by atoms with Crippen LogP contribution in [0.3, 0.4) is 0 Å². The van der Waals surface area contributed by atoms with E-state index in [1.807, 2.05) is 12.1 Å². The number of carbonyl (C=O) groups is 1. The summed E-state index contributed by atoms with van der Waals surface area (Å²) in [5, 5.41) is 0. The maximum atomic E-state index is 13.4. The Balaban J connectivity index is 1.55. The lowest BCUT2D eigenvalue weighted by atomic mass is 10.0. The van der Waals surface area contributed by atoms with Gasteiger partial charge in [0.2, 0.25) is 5.91 Å². The van der Waals surface area contributed by atoms with Crippen LogP contribution in [0.4, 0.5) is 18.9 Å².